The fraction of sp³-hybridized carbons (Fsp3) is 0.100. The van der Waals surface area contributed by atoms with Gasteiger partial charge in [-0.3, -0.25) is 0 Å². The van der Waals surface area contributed by atoms with Crippen LogP contribution in [0.5, 0.6) is 11.6 Å². The molecule has 5 heteroatoms. The van der Waals surface area contributed by atoms with E-state index in [1.807, 2.05) is 6.07 Å². The molecular formula is C20H16NO4+. The molecule has 25 heavy (non-hydrogen) atoms. The van der Waals surface area contributed by atoms with Gasteiger partial charge in [0.25, 0.3) is 0 Å². The summed E-state index contributed by atoms with van der Waals surface area (Å²) in [7, 11) is 1.61. The normalized spacial score (nSPS) is 10.2. The summed E-state index contributed by atoms with van der Waals surface area (Å²) in [4.78, 5) is 12.5. The summed E-state index contributed by atoms with van der Waals surface area (Å²) in [6.07, 6.45) is 5.23. The largest absolute Gasteiger partial charge is 0.480 e. The number of aromatic hydroxyl groups is 1. The zero-order valence-electron chi connectivity index (χ0n) is 13.6. The Morgan fingerprint density at radius 3 is 2.56 bits per heavy atom. The van der Waals surface area contributed by atoms with E-state index in [4.69, 9.17) is 15.6 Å². The molecule has 0 aliphatic carbocycles. The van der Waals surface area contributed by atoms with Gasteiger partial charge in [0.15, 0.2) is 5.56 Å². The fourth-order valence-electron chi connectivity index (χ4n) is 2.54. The van der Waals surface area contributed by atoms with Gasteiger partial charge in [-0.1, -0.05) is 48.4 Å². The van der Waals surface area contributed by atoms with Crippen molar-refractivity contribution in [2.24, 2.45) is 7.05 Å². The Morgan fingerprint density at radius 2 is 1.84 bits per heavy atom. The zero-order valence-corrected chi connectivity index (χ0v) is 13.6. The molecule has 0 unspecified atom stereocenters. The van der Waals surface area contributed by atoms with E-state index in [2.05, 4.69) is 5.92 Å². The Balaban J connectivity index is 2.18. The van der Waals surface area contributed by atoms with E-state index in [9.17, 15) is 9.90 Å². The van der Waals surface area contributed by atoms with Crippen molar-refractivity contribution in [3.8, 4) is 46.6 Å². The Labute approximate surface area is 144 Å². The van der Waals surface area contributed by atoms with Crippen LogP contribution in [0.4, 0.5) is 0 Å². The second-order valence-electron chi connectivity index (χ2n) is 5.31. The molecule has 3 aromatic rings. The summed E-state index contributed by atoms with van der Waals surface area (Å²) in [6.45, 7) is 0.0824. The molecular weight excluding hydrogens is 318 g/mol. The van der Waals surface area contributed by atoms with Crippen molar-refractivity contribution in [2.75, 3.05) is 6.61 Å². The lowest BCUT2D eigenvalue weighted by molar-refractivity contribution is -0.675. The Kier molecular flexibility index (Phi) is 4.53. The highest BCUT2D eigenvalue weighted by atomic mass is 16.5. The van der Waals surface area contributed by atoms with E-state index < -0.39 is 5.63 Å². The summed E-state index contributed by atoms with van der Waals surface area (Å²) in [5.74, 6) is 2.84. The predicted octanol–water partition coefficient (Wildman–Crippen LogP) is 2.52. The molecule has 3 rings (SSSR count). The van der Waals surface area contributed by atoms with Crippen molar-refractivity contribution in [2.45, 2.75) is 0 Å². The first kappa shape index (κ1) is 16.3. The predicted molar refractivity (Wildman–Crippen MR) is 93.0 cm³/mol. The van der Waals surface area contributed by atoms with Crippen LogP contribution in [0.15, 0.2) is 63.8 Å². The van der Waals surface area contributed by atoms with Crippen LogP contribution in [-0.4, -0.2) is 11.7 Å². The Hall–Kier alpha value is -3.52. The van der Waals surface area contributed by atoms with E-state index >= 15 is 0 Å². The molecule has 0 aliphatic rings. The molecule has 0 radical (unpaired) electrons. The molecule has 0 fully saturated rings. The van der Waals surface area contributed by atoms with Gasteiger partial charge < -0.3 is 14.3 Å². The van der Waals surface area contributed by atoms with Crippen LogP contribution >= 0.6 is 0 Å². The molecule has 0 spiro atoms. The van der Waals surface area contributed by atoms with Crippen LogP contribution in [0, 0.1) is 12.3 Å². The average Bonchev–Trinajstić information content (AvgIpc) is 2.64. The minimum absolute atomic E-state index is 0.0824. The molecule has 0 saturated heterocycles. The fourth-order valence-corrected chi connectivity index (χ4v) is 2.54. The zero-order chi connectivity index (χ0) is 17.8. The number of rotatable bonds is 4. The van der Waals surface area contributed by atoms with Crippen molar-refractivity contribution in [3.05, 3.63) is 65.0 Å². The third-order valence-corrected chi connectivity index (χ3v) is 3.73. The highest BCUT2D eigenvalue weighted by molar-refractivity contribution is 5.67. The summed E-state index contributed by atoms with van der Waals surface area (Å²) in [5.41, 5.74) is 0.567. The lowest BCUT2D eigenvalue weighted by Crippen LogP contribution is -2.34. The first-order valence-corrected chi connectivity index (χ1v) is 7.60. The quantitative estimate of drug-likeness (QED) is 0.588. The van der Waals surface area contributed by atoms with Gasteiger partial charge >= 0.3 is 17.4 Å². The first-order valence-electron chi connectivity index (χ1n) is 7.60. The van der Waals surface area contributed by atoms with Gasteiger partial charge in [0, 0.05) is 0 Å². The number of hydrogen-bond donors (Lipinski definition) is 1. The van der Waals surface area contributed by atoms with Gasteiger partial charge in [-0.2, -0.15) is 0 Å². The number of benzene rings is 2. The Bertz CT molecular complexity index is 1000. The number of ether oxygens (including phenoxy) is 1. The molecule has 0 amide bonds. The number of para-hydroxylation sites is 1. The van der Waals surface area contributed by atoms with Crippen molar-refractivity contribution in [3.63, 3.8) is 0 Å². The van der Waals surface area contributed by atoms with Crippen LogP contribution in [0.3, 0.4) is 0 Å². The highest BCUT2D eigenvalue weighted by Crippen LogP contribution is 2.30. The molecule has 124 valence electrons. The minimum atomic E-state index is -0.636. The SMILES string of the molecule is C#CCOc1ccccc1-c1oc(=O)c(-c2ccccc2)c(O)[n+]1C. The molecule has 0 atom stereocenters. The molecule has 2 aromatic carbocycles. The summed E-state index contributed by atoms with van der Waals surface area (Å²) in [5, 5.41) is 10.6. The summed E-state index contributed by atoms with van der Waals surface area (Å²) < 4.78 is 12.4. The van der Waals surface area contributed by atoms with Crippen LogP contribution < -0.4 is 14.9 Å². The number of nitrogens with zero attached hydrogens (tertiary/aromatic N) is 1. The van der Waals surface area contributed by atoms with Crippen LogP contribution in [-0.2, 0) is 7.05 Å². The van der Waals surface area contributed by atoms with Crippen molar-refractivity contribution >= 4 is 0 Å². The highest BCUT2D eigenvalue weighted by Gasteiger charge is 2.28. The standard InChI is InChI=1S/C20H15NO4/c1-3-13-24-16-12-8-7-11-15(16)19-21(2)18(22)17(20(23)25-19)14-9-5-4-6-10-14/h1,4-12H,13H2,2H3/p+1. The summed E-state index contributed by atoms with van der Waals surface area (Å²) in [6, 6.07) is 15.9. The van der Waals surface area contributed by atoms with Crippen LogP contribution in [0.2, 0.25) is 0 Å². The lowest BCUT2D eigenvalue weighted by Gasteiger charge is -2.08. The molecule has 0 bridgehead atoms. The van der Waals surface area contributed by atoms with Crippen LogP contribution in [0.25, 0.3) is 22.6 Å². The third-order valence-electron chi connectivity index (χ3n) is 3.73. The maximum absolute atomic E-state index is 12.5. The van der Waals surface area contributed by atoms with Gasteiger partial charge in [0.2, 0.25) is 0 Å². The van der Waals surface area contributed by atoms with Gasteiger partial charge in [0.1, 0.15) is 25.0 Å². The van der Waals surface area contributed by atoms with Gasteiger partial charge in [-0.05, 0) is 17.7 Å². The lowest BCUT2D eigenvalue weighted by atomic mass is 10.1. The second-order valence-corrected chi connectivity index (χ2v) is 5.31. The molecule has 1 heterocycles. The molecule has 1 aromatic heterocycles. The van der Waals surface area contributed by atoms with Crippen molar-refractivity contribution in [1.82, 2.24) is 0 Å². The topological polar surface area (TPSA) is 63.6 Å². The molecule has 5 nitrogen and oxygen atoms in total. The smallest absolute Gasteiger partial charge is 0.390 e. The minimum Gasteiger partial charge on any atom is -0.480 e. The second kappa shape index (κ2) is 6.93. The monoisotopic (exact) mass is 334 g/mol. The maximum atomic E-state index is 12.5. The van der Waals surface area contributed by atoms with E-state index in [1.165, 1.54) is 4.57 Å². The van der Waals surface area contributed by atoms with Crippen molar-refractivity contribution < 1.29 is 18.8 Å². The Morgan fingerprint density at radius 1 is 1.16 bits per heavy atom. The number of aromatic nitrogens is 1. The summed E-state index contributed by atoms with van der Waals surface area (Å²) >= 11 is 0. The van der Waals surface area contributed by atoms with E-state index in [0.29, 0.717) is 16.9 Å². The van der Waals surface area contributed by atoms with Gasteiger partial charge in [-0.25, -0.2) is 4.79 Å². The molecule has 0 aliphatic heterocycles. The van der Waals surface area contributed by atoms with Crippen LogP contribution in [0.1, 0.15) is 0 Å². The maximum Gasteiger partial charge on any atom is 0.390 e. The molecule has 0 saturated carbocycles. The van der Waals surface area contributed by atoms with E-state index in [-0.39, 0.29) is 23.9 Å². The van der Waals surface area contributed by atoms with E-state index in [1.54, 1.807) is 55.6 Å². The average molecular weight is 334 g/mol. The first-order chi connectivity index (χ1) is 12.1. The molecule has 1 N–H and O–H groups in total. The van der Waals surface area contributed by atoms with Crippen molar-refractivity contribution in [1.29, 1.82) is 0 Å². The van der Waals surface area contributed by atoms with Gasteiger partial charge in [0.05, 0.1) is 0 Å². The number of terminal acetylenes is 1. The van der Waals surface area contributed by atoms with Gasteiger partial charge in [-0.15, -0.1) is 11.0 Å². The van der Waals surface area contributed by atoms with E-state index in [0.717, 1.165) is 0 Å². The third kappa shape index (κ3) is 3.10. The number of hydrogen-bond acceptors (Lipinski definition) is 4.